The molecule has 0 aromatic carbocycles. The van der Waals surface area contributed by atoms with Crippen molar-refractivity contribution in [2.45, 2.75) is 94.1 Å². The average molecular weight is 358 g/mol. The number of carbonyl (C=O) groups excluding carboxylic acids is 1. The number of ether oxygens (including phenoxy) is 3. The first-order valence-corrected chi connectivity index (χ1v) is 10.3. The van der Waals surface area contributed by atoms with Crippen LogP contribution in [-0.2, 0) is 19.0 Å². The monoisotopic (exact) mass is 358 g/mol. The Hall–Kier alpha value is -0.750. The fraction of sp³-hybridized carbons (Fsp3) is 0.857. The summed E-state index contributed by atoms with van der Waals surface area (Å²) in [7, 11) is 0. The van der Waals surface area contributed by atoms with E-state index < -0.39 is 22.9 Å². The van der Waals surface area contributed by atoms with E-state index in [0.717, 1.165) is 31.3 Å². The third-order valence-corrected chi connectivity index (χ3v) is 9.45. The standard InChI is InChI=1S/C21H26O5/c1-9(2)19-15(25-19)16-21(26-16)18(3)7-6-11-10(4-5-13(11)22)12(18)8-14-20(21,24-14)17(19)23/h9,12,14-17,23H,4-8H2,1-3H3. The summed E-state index contributed by atoms with van der Waals surface area (Å²) in [6.07, 6.45) is 3.74. The first kappa shape index (κ1) is 15.2. The average Bonchev–Trinajstić information content (AvgIpc) is 3.47. The van der Waals surface area contributed by atoms with Gasteiger partial charge in [-0.25, -0.2) is 0 Å². The molecule has 3 heterocycles. The molecular formula is C21H26O5. The van der Waals surface area contributed by atoms with E-state index in [1.54, 1.807) is 0 Å². The van der Waals surface area contributed by atoms with Gasteiger partial charge in [0.2, 0.25) is 0 Å². The van der Waals surface area contributed by atoms with Crippen molar-refractivity contribution in [1.82, 2.24) is 0 Å². The highest BCUT2D eigenvalue weighted by atomic mass is 16.7. The number of carbonyl (C=O) groups is 1. The van der Waals surface area contributed by atoms with Gasteiger partial charge < -0.3 is 19.3 Å². The Kier molecular flexibility index (Phi) is 2.26. The number of ketones is 1. The van der Waals surface area contributed by atoms with Crippen molar-refractivity contribution < 1.29 is 24.1 Å². The minimum absolute atomic E-state index is 0.0101. The van der Waals surface area contributed by atoms with Gasteiger partial charge in [0.15, 0.2) is 11.4 Å². The summed E-state index contributed by atoms with van der Waals surface area (Å²) >= 11 is 0. The minimum Gasteiger partial charge on any atom is -0.387 e. The molecule has 4 aliphatic carbocycles. The number of aliphatic hydroxyl groups excluding tert-OH is 1. The van der Waals surface area contributed by atoms with E-state index in [9.17, 15) is 9.90 Å². The molecule has 2 saturated carbocycles. The number of hydrogen-bond donors (Lipinski definition) is 1. The zero-order valence-corrected chi connectivity index (χ0v) is 15.6. The molecule has 9 atom stereocenters. The van der Waals surface area contributed by atoms with Crippen molar-refractivity contribution in [1.29, 1.82) is 0 Å². The summed E-state index contributed by atoms with van der Waals surface area (Å²) in [4.78, 5) is 12.3. The van der Waals surface area contributed by atoms with Crippen LogP contribution in [0.1, 0.15) is 52.9 Å². The maximum atomic E-state index is 12.3. The summed E-state index contributed by atoms with van der Waals surface area (Å²) in [6, 6.07) is 0. The van der Waals surface area contributed by atoms with Gasteiger partial charge in [-0.15, -0.1) is 0 Å². The molecule has 0 bridgehead atoms. The second kappa shape index (κ2) is 3.86. The van der Waals surface area contributed by atoms with E-state index in [0.29, 0.717) is 18.1 Å². The number of Topliss-reactive ketones (excluding diaryl/α,β-unsaturated/α-hetero) is 1. The third kappa shape index (κ3) is 1.17. The second-order valence-electron chi connectivity index (χ2n) is 10.3. The van der Waals surface area contributed by atoms with Crippen molar-refractivity contribution in [3.05, 3.63) is 11.1 Å². The number of hydrogen-bond acceptors (Lipinski definition) is 5. The SMILES string of the molecule is CC(C)C12OC1C1OC13C1(C)CCC4=C(CCC4=O)C1CC1OC13C2O. The van der Waals surface area contributed by atoms with E-state index in [-0.39, 0.29) is 29.6 Å². The Labute approximate surface area is 153 Å². The predicted molar refractivity (Wildman–Crippen MR) is 90.4 cm³/mol. The van der Waals surface area contributed by atoms with Crippen molar-refractivity contribution in [3.63, 3.8) is 0 Å². The van der Waals surface area contributed by atoms with Gasteiger partial charge in [0.05, 0.1) is 6.10 Å². The Morgan fingerprint density at radius 3 is 2.69 bits per heavy atom. The lowest BCUT2D eigenvalue weighted by Crippen LogP contribution is -2.69. The van der Waals surface area contributed by atoms with E-state index in [4.69, 9.17) is 14.2 Å². The van der Waals surface area contributed by atoms with Crippen LogP contribution in [0.3, 0.4) is 0 Å². The van der Waals surface area contributed by atoms with Gasteiger partial charge in [0.1, 0.15) is 29.5 Å². The Bertz CT molecular complexity index is 817. The quantitative estimate of drug-likeness (QED) is 0.725. The van der Waals surface area contributed by atoms with Crippen LogP contribution in [-0.4, -0.2) is 52.1 Å². The highest BCUT2D eigenvalue weighted by Gasteiger charge is 3.00. The van der Waals surface area contributed by atoms with Crippen molar-refractivity contribution in [2.24, 2.45) is 17.3 Å². The molecule has 3 saturated heterocycles. The van der Waals surface area contributed by atoms with Crippen LogP contribution in [0.2, 0.25) is 0 Å². The van der Waals surface area contributed by atoms with Crippen LogP contribution in [0, 0.1) is 17.3 Å². The first-order valence-electron chi connectivity index (χ1n) is 10.3. The minimum atomic E-state index is -0.623. The summed E-state index contributed by atoms with van der Waals surface area (Å²) in [5.74, 6) is 0.942. The van der Waals surface area contributed by atoms with Gasteiger partial charge in [-0.05, 0) is 43.1 Å². The Morgan fingerprint density at radius 1 is 1.12 bits per heavy atom. The molecule has 9 unspecified atom stereocenters. The fourth-order valence-corrected chi connectivity index (χ4v) is 8.09. The number of aliphatic hydroxyl groups is 1. The first-order chi connectivity index (χ1) is 12.3. The smallest absolute Gasteiger partial charge is 0.159 e. The largest absolute Gasteiger partial charge is 0.387 e. The molecule has 0 amide bonds. The summed E-state index contributed by atoms with van der Waals surface area (Å²) in [5, 5.41) is 11.5. The molecule has 5 nitrogen and oxygen atoms in total. The summed E-state index contributed by atoms with van der Waals surface area (Å²) < 4.78 is 19.1. The van der Waals surface area contributed by atoms with Crippen molar-refractivity contribution >= 4 is 5.78 Å². The molecule has 26 heavy (non-hydrogen) atoms. The molecule has 0 aromatic rings. The van der Waals surface area contributed by atoms with Crippen LogP contribution >= 0.6 is 0 Å². The second-order valence-corrected chi connectivity index (χ2v) is 10.3. The van der Waals surface area contributed by atoms with Crippen molar-refractivity contribution in [3.8, 4) is 0 Å². The van der Waals surface area contributed by atoms with Gasteiger partial charge in [-0.2, -0.15) is 0 Å². The molecule has 5 heteroatoms. The lowest BCUT2D eigenvalue weighted by Gasteiger charge is -2.53. The van der Waals surface area contributed by atoms with Crippen LogP contribution in [0.4, 0.5) is 0 Å². The molecule has 7 aliphatic rings. The zero-order chi connectivity index (χ0) is 17.9. The van der Waals surface area contributed by atoms with Gasteiger partial charge in [-0.1, -0.05) is 26.3 Å². The predicted octanol–water partition coefficient (Wildman–Crippen LogP) is 1.91. The van der Waals surface area contributed by atoms with Crippen LogP contribution in [0.25, 0.3) is 0 Å². The Morgan fingerprint density at radius 2 is 1.92 bits per heavy atom. The summed E-state index contributed by atoms with van der Waals surface area (Å²) in [6.45, 7) is 6.59. The maximum absolute atomic E-state index is 12.3. The van der Waals surface area contributed by atoms with Crippen LogP contribution in [0.15, 0.2) is 11.1 Å². The van der Waals surface area contributed by atoms with Gasteiger partial charge in [0, 0.05) is 11.8 Å². The fourth-order valence-electron chi connectivity index (χ4n) is 8.09. The Balaban J connectivity index is 1.39. The molecule has 2 spiro atoms. The third-order valence-electron chi connectivity index (χ3n) is 9.45. The number of rotatable bonds is 1. The molecule has 140 valence electrons. The molecule has 1 N–H and O–H groups in total. The van der Waals surface area contributed by atoms with Crippen LogP contribution < -0.4 is 0 Å². The summed E-state index contributed by atoms with van der Waals surface area (Å²) in [5.41, 5.74) is 0.875. The van der Waals surface area contributed by atoms with E-state index in [2.05, 4.69) is 20.8 Å². The van der Waals surface area contributed by atoms with Gasteiger partial charge >= 0.3 is 0 Å². The molecule has 5 fully saturated rings. The normalized spacial score (nSPS) is 63.4. The maximum Gasteiger partial charge on any atom is 0.159 e. The van der Waals surface area contributed by atoms with E-state index >= 15 is 0 Å². The molecule has 3 aliphatic heterocycles. The number of allylic oxidation sites excluding steroid dienone is 2. The zero-order valence-electron chi connectivity index (χ0n) is 15.6. The van der Waals surface area contributed by atoms with E-state index in [1.165, 1.54) is 5.57 Å². The van der Waals surface area contributed by atoms with Crippen LogP contribution in [0.5, 0.6) is 0 Å². The van der Waals surface area contributed by atoms with E-state index in [1.807, 2.05) is 0 Å². The molecule has 0 aromatic heterocycles. The molecule has 0 radical (unpaired) electrons. The van der Waals surface area contributed by atoms with Gasteiger partial charge in [-0.3, -0.25) is 4.79 Å². The molecular weight excluding hydrogens is 332 g/mol. The topological polar surface area (TPSA) is 74.9 Å². The van der Waals surface area contributed by atoms with Crippen molar-refractivity contribution in [2.75, 3.05) is 0 Å². The number of epoxide rings is 3. The lowest BCUT2D eigenvalue weighted by atomic mass is 9.46. The highest BCUT2D eigenvalue weighted by Crippen LogP contribution is 2.83. The number of fused-ring (bicyclic) bond motifs is 4. The van der Waals surface area contributed by atoms with Gasteiger partial charge in [0.25, 0.3) is 0 Å². The highest BCUT2D eigenvalue weighted by molar-refractivity contribution is 5.99. The molecule has 7 rings (SSSR count). The lowest BCUT2D eigenvalue weighted by molar-refractivity contribution is -0.115.